The number of nitrogens with zero attached hydrogens (tertiary/aromatic N) is 4. The smallest absolute Gasteiger partial charge is 0.138 e. The van der Waals surface area contributed by atoms with Gasteiger partial charge in [-0.05, 0) is 31.2 Å². The van der Waals surface area contributed by atoms with Crippen LogP contribution in [0.5, 0.6) is 0 Å². The second kappa shape index (κ2) is 4.97. The fraction of sp³-hybridized carbons (Fsp3) is 0.286. The molecule has 0 saturated carbocycles. The van der Waals surface area contributed by atoms with E-state index in [1.165, 1.54) is 0 Å². The summed E-state index contributed by atoms with van der Waals surface area (Å²) in [5.41, 5.74) is 8.24. The van der Waals surface area contributed by atoms with Crippen molar-refractivity contribution in [3.63, 3.8) is 0 Å². The van der Waals surface area contributed by atoms with Crippen LogP contribution in [0, 0.1) is 0 Å². The second-order valence-electron chi connectivity index (χ2n) is 4.81. The Balaban J connectivity index is 2.00. The van der Waals surface area contributed by atoms with Crippen molar-refractivity contribution in [3.05, 3.63) is 42.5 Å². The van der Waals surface area contributed by atoms with Crippen LogP contribution in [0.3, 0.4) is 0 Å². The summed E-state index contributed by atoms with van der Waals surface area (Å²) in [6, 6.07) is 7.50. The van der Waals surface area contributed by atoms with Gasteiger partial charge in [0, 0.05) is 24.6 Å². The summed E-state index contributed by atoms with van der Waals surface area (Å²) in [6.45, 7) is 3.14. The lowest BCUT2D eigenvalue weighted by Crippen LogP contribution is -2.12. The maximum absolute atomic E-state index is 9.90. The molecule has 1 unspecified atom stereocenters. The molecule has 1 aromatic carbocycles. The topological polar surface area (TPSA) is 81.9 Å². The third-order valence-corrected chi connectivity index (χ3v) is 3.29. The molecular weight excluding hydrogens is 254 g/mol. The minimum Gasteiger partial charge on any atom is -0.399 e. The Kier molecular flexibility index (Phi) is 3.15. The summed E-state index contributed by atoms with van der Waals surface area (Å²) >= 11 is 0. The van der Waals surface area contributed by atoms with Crippen molar-refractivity contribution in [3.8, 4) is 0 Å². The molecule has 3 rings (SSSR count). The average molecular weight is 271 g/mol. The van der Waals surface area contributed by atoms with E-state index >= 15 is 0 Å². The van der Waals surface area contributed by atoms with Gasteiger partial charge in [-0.25, -0.2) is 4.98 Å². The van der Waals surface area contributed by atoms with Crippen molar-refractivity contribution < 1.29 is 5.11 Å². The van der Waals surface area contributed by atoms with Gasteiger partial charge in [0.15, 0.2) is 0 Å². The maximum atomic E-state index is 9.90. The van der Waals surface area contributed by atoms with Gasteiger partial charge in [0.2, 0.25) is 0 Å². The molecule has 0 aliphatic heterocycles. The Bertz CT molecular complexity index is 715. The van der Waals surface area contributed by atoms with Crippen molar-refractivity contribution in [2.75, 3.05) is 5.73 Å². The first-order chi connectivity index (χ1) is 9.65. The molecule has 0 amide bonds. The van der Waals surface area contributed by atoms with E-state index in [1.807, 2.05) is 39.7 Å². The number of rotatable bonds is 4. The van der Waals surface area contributed by atoms with E-state index < -0.39 is 6.10 Å². The fourth-order valence-electron chi connectivity index (χ4n) is 2.35. The highest BCUT2D eigenvalue weighted by molar-refractivity contribution is 5.79. The normalized spacial score (nSPS) is 12.9. The van der Waals surface area contributed by atoms with Crippen molar-refractivity contribution in [2.45, 2.75) is 26.1 Å². The van der Waals surface area contributed by atoms with Gasteiger partial charge in [0.25, 0.3) is 0 Å². The summed E-state index contributed by atoms with van der Waals surface area (Å²) in [7, 11) is 0. The molecule has 0 aliphatic rings. The van der Waals surface area contributed by atoms with Crippen molar-refractivity contribution in [1.82, 2.24) is 19.3 Å². The average Bonchev–Trinajstić information content (AvgIpc) is 3.02. The molecule has 6 nitrogen and oxygen atoms in total. The van der Waals surface area contributed by atoms with Gasteiger partial charge in [-0.1, -0.05) is 0 Å². The van der Waals surface area contributed by atoms with E-state index in [9.17, 15) is 5.11 Å². The molecule has 2 aromatic heterocycles. The van der Waals surface area contributed by atoms with Crippen LogP contribution in [0.2, 0.25) is 0 Å². The number of fused-ring (bicyclic) bond motifs is 1. The maximum Gasteiger partial charge on any atom is 0.138 e. The van der Waals surface area contributed by atoms with Crippen molar-refractivity contribution in [1.29, 1.82) is 0 Å². The Morgan fingerprint density at radius 2 is 2.20 bits per heavy atom. The van der Waals surface area contributed by atoms with Crippen LogP contribution < -0.4 is 5.73 Å². The molecule has 0 saturated heterocycles. The highest BCUT2D eigenvalue weighted by atomic mass is 16.3. The standard InChI is InChI=1S/C14H17N5O/c1-10(20)14-17-12-9-11(15)3-4-13(12)19(14)8-7-18-6-2-5-16-18/h2-6,9-10,20H,7-8,15H2,1H3. The molecule has 0 spiro atoms. The van der Waals surface area contributed by atoms with Crippen LogP contribution in [0.15, 0.2) is 36.7 Å². The van der Waals surface area contributed by atoms with E-state index in [1.54, 1.807) is 13.1 Å². The zero-order valence-electron chi connectivity index (χ0n) is 11.3. The van der Waals surface area contributed by atoms with Crippen molar-refractivity contribution >= 4 is 16.7 Å². The number of hydrogen-bond acceptors (Lipinski definition) is 4. The van der Waals surface area contributed by atoms with Crippen LogP contribution in [-0.4, -0.2) is 24.4 Å². The molecule has 0 bridgehead atoms. The predicted molar refractivity (Wildman–Crippen MR) is 77.0 cm³/mol. The minimum atomic E-state index is -0.624. The van der Waals surface area contributed by atoms with Crippen LogP contribution in [0.1, 0.15) is 18.9 Å². The van der Waals surface area contributed by atoms with Crippen LogP contribution in [-0.2, 0) is 13.1 Å². The van der Waals surface area contributed by atoms with Gasteiger partial charge in [0.1, 0.15) is 11.9 Å². The van der Waals surface area contributed by atoms with Gasteiger partial charge in [-0.15, -0.1) is 0 Å². The molecule has 1 atom stereocenters. The Labute approximate surface area is 116 Å². The van der Waals surface area contributed by atoms with Crippen LogP contribution in [0.4, 0.5) is 5.69 Å². The van der Waals surface area contributed by atoms with Crippen LogP contribution in [0.25, 0.3) is 11.0 Å². The van der Waals surface area contributed by atoms with Gasteiger partial charge in [-0.3, -0.25) is 4.68 Å². The van der Waals surface area contributed by atoms with Crippen LogP contribution >= 0.6 is 0 Å². The third-order valence-electron chi connectivity index (χ3n) is 3.29. The number of anilines is 1. The van der Waals surface area contributed by atoms with E-state index in [0.717, 1.165) is 17.6 Å². The molecule has 104 valence electrons. The molecule has 3 aromatic rings. The summed E-state index contributed by atoms with van der Waals surface area (Å²) in [4.78, 5) is 4.48. The number of nitrogen functional groups attached to an aromatic ring is 1. The SMILES string of the molecule is CC(O)c1nc2cc(N)ccc2n1CCn1cccn1. The molecule has 0 radical (unpaired) electrons. The molecule has 20 heavy (non-hydrogen) atoms. The number of aryl methyl sites for hydroxylation is 2. The first-order valence-corrected chi connectivity index (χ1v) is 6.56. The molecule has 0 fully saturated rings. The quantitative estimate of drug-likeness (QED) is 0.706. The first-order valence-electron chi connectivity index (χ1n) is 6.56. The number of hydrogen-bond donors (Lipinski definition) is 2. The second-order valence-corrected chi connectivity index (χ2v) is 4.81. The largest absolute Gasteiger partial charge is 0.399 e. The monoisotopic (exact) mass is 271 g/mol. The van der Waals surface area contributed by atoms with Gasteiger partial charge in [0.05, 0.1) is 17.6 Å². The summed E-state index contributed by atoms with van der Waals surface area (Å²) in [5, 5.41) is 14.1. The minimum absolute atomic E-state index is 0.624. The fourth-order valence-corrected chi connectivity index (χ4v) is 2.35. The predicted octanol–water partition coefficient (Wildman–Crippen LogP) is 1.57. The zero-order valence-corrected chi connectivity index (χ0v) is 11.3. The Hall–Kier alpha value is -2.34. The van der Waals surface area contributed by atoms with Gasteiger partial charge in [-0.2, -0.15) is 5.10 Å². The van der Waals surface area contributed by atoms with E-state index in [-0.39, 0.29) is 0 Å². The third kappa shape index (κ3) is 2.25. The van der Waals surface area contributed by atoms with E-state index in [2.05, 4.69) is 10.1 Å². The first kappa shape index (κ1) is 12.7. The van der Waals surface area contributed by atoms with Gasteiger partial charge < -0.3 is 15.4 Å². The number of aromatic nitrogens is 4. The number of nitrogens with two attached hydrogens (primary N) is 1. The lowest BCUT2D eigenvalue weighted by atomic mass is 10.3. The molecule has 3 N–H and O–H groups in total. The number of imidazole rings is 1. The summed E-state index contributed by atoms with van der Waals surface area (Å²) < 4.78 is 3.87. The Morgan fingerprint density at radius 1 is 1.35 bits per heavy atom. The van der Waals surface area contributed by atoms with E-state index in [4.69, 9.17) is 5.73 Å². The molecule has 2 heterocycles. The Morgan fingerprint density at radius 3 is 2.90 bits per heavy atom. The lowest BCUT2D eigenvalue weighted by molar-refractivity contribution is 0.184. The molecule has 0 aliphatic carbocycles. The highest BCUT2D eigenvalue weighted by Gasteiger charge is 2.14. The summed E-state index contributed by atoms with van der Waals surface area (Å²) in [5.74, 6) is 0.651. The van der Waals surface area contributed by atoms with Crippen molar-refractivity contribution in [2.24, 2.45) is 0 Å². The molecular formula is C14H17N5O. The summed E-state index contributed by atoms with van der Waals surface area (Å²) in [6.07, 6.45) is 3.04. The number of benzene rings is 1. The molecule has 6 heteroatoms. The van der Waals surface area contributed by atoms with Gasteiger partial charge >= 0.3 is 0 Å². The van der Waals surface area contributed by atoms with E-state index in [0.29, 0.717) is 18.1 Å². The lowest BCUT2D eigenvalue weighted by Gasteiger charge is -2.11. The number of aliphatic hydroxyl groups excluding tert-OH is 1. The number of aliphatic hydroxyl groups is 1. The highest BCUT2D eigenvalue weighted by Crippen LogP contribution is 2.22. The zero-order chi connectivity index (χ0) is 14.1.